The lowest BCUT2D eigenvalue weighted by Gasteiger charge is -2.11. The molecule has 0 spiro atoms. The van der Waals surface area contributed by atoms with Crippen molar-refractivity contribution in [1.82, 2.24) is 9.97 Å². The number of aromatic nitrogens is 2. The van der Waals surface area contributed by atoms with Gasteiger partial charge in [0.25, 0.3) is 0 Å². The number of halogens is 1. The van der Waals surface area contributed by atoms with Crippen LogP contribution >= 0.6 is 11.6 Å². The number of imidazole rings is 1. The zero-order valence-electron chi connectivity index (χ0n) is 11.8. The molecule has 3 N–H and O–H groups in total. The number of primary amides is 1. The normalized spacial score (nSPS) is 12.3. The standard InChI is InChI=1S/C16H14ClN3O2/c1-9(22-16(18)21)10-6-7-13-14(8-10)20-15(19-13)11-4-2-3-5-12(11)17/h2-9H,1H3,(H2,18,21)(H,19,20). The highest BCUT2D eigenvalue weighted by Crippen LogP contribution is 2.28. The number of aromatic amines is 1. The third-order valence-corrected chi connectivity index (χ3v) is 3.73. The first-order chi connectivity index (χ1) is 10.5. The van der Waals surface area contributed by atoms with Crippen LogP contribution in [-0.4, -0.2) is 16.1 Å². The first kappa shape index (κ1) is 14.4. The average Bonchev–Trinajstić information content (AvgIpc) is 2.89. The summed E-state index contributed by atoms with van der Waals surface area (Å²) < 4.78 is 4.98. The first-order valence-corrected chi connectivity index (χ1v) is 7.13. The predicted octanol–water partition coefficient (Wildman–Crippen LogP) is 4.04. The van der Waals surface area contributed by atoms with E-state index < -0.39 is 12.2 Å². The van der Waals surface area contributed by atoms with Gasteiger partial charge in [0.2, 0.25) is 0 Å². The van der Waals surface area contributed by atoms with E-state index in [0.29, 0.717) is 10.8 Å². The third kappa shape index (κ3) is 2.76. The van der Waals surface area contributed by atoms with E-state index in [9.17, 15) is 4.79 Å². The number of hydrogen-bond donors (Lipinski definition) is 2. The third-order valence-electron chi connectivity index (χ3n) is 3.40. The SMILES string of the molecule is CC(OC(N)=O)c1ccc2nc(-c3ccccc3Cl)[nH]c2c1. The van der Waals surface area contributed by atoms with E-state index in [4.69, 9.17) is 22.1 Å². The topological polar surface area (TPSA) is 81.0 Å². The summed E-state index contributed by atoms with van der Waals surface area (Å²) in [7, 11) is 0. The molecule has 0 aliphatic heterocycles. The Morgan fingerprint density at radius 3 is 2.82 bits per heavy atom. The molecule has 22 heavy (non-hydrogen) atoms. The fourth-order valence-corrected chi connectivity index (χ4v) is 2.53. The minimum atomic E-state index is -0.797. The summed E-state index contributed by atoms with van der Waals surface area (Å²) in [5.74, 6) is 0.696. The van der Waals surface area contributed by atoms with Gasteiger partial charge in [0.1, 0.15) is 11.9 Å². The Morgan fingerprint density at radius 1 is 1.32 bits per heavy atom. The van der Waals surface area contributed by atoms with Crippen LogP contribution in [0.5, 0.6) is 0 Å². The number of carbonyl (C=O) groups excluding carboxylic acids is 1. The fourth-order valence-electron chi connectivity index (χ4n) is 2.30. The molecule has 3 rings (SSSR count). The van der Waals surface area contributed by atoms with Gasteiger partial charge in [0, 0.05) is 5.56 Å². The molecule has 0 bridgehead atoms. The second-order valence-electron chi connectivity index (χ2n) is 4.92. The van der Waals surface area contributed by atoms with E-state index in [-0.39, 0.29) is 0 Å². The Balaban J connectivity index is 2.00. The van der Waals surface area contributed by atoms with E-state index in [1.807, 2.05) is 42.5 Å². The highest BCUT2D eigenvalue weighted by Gasteiger charge is 2.12. The smallest absolute Gasteiger partial charge is 0.405 e. The Labute approximate surface area is 132 Å². The van der Waals surface area contributed by atoms with E-state index in [1.54, 1.807) is 6.92 Å². The number of nitrogens with two attached hydrogens (primary N) is 1. The molecular weight excluding hydrogens is 302 g/mol. The molecule has 0 fully saturated rings. The van der Waals surface area contributed by atoms with Crippen molar-refractivity contribution in [2.24, 2.45) is 5.73 Å². The highest BCUT2D eigenvalue weighted by atomic mass is 35.5. The second-order valence-corrected chi connectivity index (χ2v) is 5.33. The van der Waals surface area contributed by atoms with Crippen molar-refractivity contribution in [2.75, 3.05) is 0 Å². The summed E-state index contributed by atoms with van der Waals surface area (Å²) in [6.45, 7) is 1.76. The van der Waals surface area contributed by atoms with Crippen LogP contribution in [0.1, 0.15) is 18.6 Å². The number of rotatable bonds is 3. The van der Waals surface area contributed by atoms with E-state index in [0.717, 1.165) is 22.2 Å². The fraction of sp³-hybridized carbons (Fsp3) is 0.125. The second kappa shape index (κ2) is 5.69. The lowest BCUT2D eigenvalue weighted by atomic mass is 10.1. The van der Waals surface area contributed by atoms with E-state index >= 15 is 0 Å². The largest absolute Gasteiger partial charge is 0.442 e. The van der Waals surface area contributed by atoms with Gasteiger partial charge in [-0.2, -0.15) is 0 Å². The molecule has 1 aromatic heterocycles. The van der Waals surface area contributed by atoms with Crippen molar-refractivity contribution in [3.63, 3.8) is 0 Å². The number of fused-ring (bicyclic) bond motifs is 1. The van der Waals surface area contributed by atoms with Crippen molar-refractivity contribution in [2.45, 2.75) is 13.0 Å². The molecule has 1 heterocycles. The summed E-state index contributed by atoms with van der Waals surface area (Å²) in [5.41, 5.74) is 8.36. The van der Waals surface area contributed by atoms with Gasteiger partial charge in [-0.15, -0.1) is 0 Å². The molecule has 3 aromatic rings. The van der Waals surface area contributed by atoms with Crippen LogP contribution < -0.4 is 5.73 Å². The molecule has 2 aromatic carbocycles. The van der Waals surface area contributed by atoms with Crippen molar-refractivity contribution in [1.29, 1.82) is 0 Å². The van der Waals surface area contributed by atoms with Crippen molar-refractivity contribution in [3.8, 4) is 11.4 Å². The molecule has 1 unspecified atom stereocenters. The summed E-state index contributed by atoms with van der Waals surface area (Å²) in [6, 6.07) is 13.1. The molecule has 1 amide bonds. The summed E-state index contributed by atoms with van der Waals surface area (Å²) >= 11 is 6.19. The quantitative estimate of drug-likeness (QED) is 0.765. The van der Waals surface area contributed by atoms with Crippen molar-refractivity contribution < 1.29 is 9.53 Å². The maximum atomic E-state index is 10.8. The van der Waals surface area contributed by atoms with Crippen LogP contribution in [0, 0.1) is 0 Å². The highest BCUT2D eigenvalue weighted by molar-refractivity contribution is 6.33. The number of benzene rings is 2. The van der Waals surface area contributed by atoms with Gasteiger partial charge < -0.3 is 15.5 Å². The van der Waals surface area contributed by atoms with Crippen LogP contribution in [0.3, 0.4) is 0 Å². The van der Waals surface area contributed by atoms with E-state index in [2.05, 4.69) is 9.97 Å². The summed E-state index contributed by atoms with van der Waals surface area (Å²) in [6.07, 6.45) is -1.22. The zero-order chi connectivity index (χ0) is 15.7. The van der Waals surface area contributed by atoms with E-state index in [1.165, 1.54) is 0 Å². The van der Waals surface area contributed by atoms with Gasteiger partial charge >= 0.3 is 6.09 Å². The molecule has 0 aliphatic carbocycles. The minimum absolute atomic E-state index is 0.422. The summed E-state index contributed by atoms with van der Waals surface area (Å²) in [5, 5.41) is 0.632. The number of carbonyl (C=O) groups is 1. The first-order valence-electron chi connectivity index (χ1n) is 6.75. The van der Waals surface area contributed by atoms with Gasteiger partial charge in [-0.05, 0) is 36.8 Å². The van der Waals surface area contributed by atoms with Crippen molar-refractivity contribution >= 4 is 28.7 Å². The molecule has 112 valence electrons. The zero-order valence-corrected chi connectivity index (χ0v) is 12.6. The van der Waals surface area contributed by atoms with Crippen LogP contribution in [-0.2, 0) is 4.74 Å². The minimum Gasteiger partial charge on any atom is -0.442 e. The monoisotopic (exact) mass is 315 g/mol. The molecule has 0 radical (unpaired) electrons. The molecule has 6 heteroatoms. The summed E-state index contributed by atoms with van der Waals surface area (Å²) in [4.78, 5) is 18.6. The number of nitrogens with one attached hydrogen (secondary N) is 1. The molecule has 0 saturated carbocycles. The molecule has 0 aliphatic rings. The maximum Gasteiger partial charge on any atom is 0.405 e. The molecule has 0 saturated heterocycles. The number of nitrogens with zero attached hydrogens (tertiary/aromatic N) is 1. The average molecular weight is 316 g/mol. The Morgan fingerprint density at radius 2 is 2.09 bits per heavy atom. The van der Waals surface area contributed by atoms with Gasteiger partial charge in [0.05, 0.1) is 16.1 Å². The number of amides is 1. The van der Waals surface area contributed by atoms with Crippen LogP contribution in [0.15, 0.2) is 42.5 Å². The van der Waals surface area contributed by atoms with Gasteiger partial charge in [-0.25, -0.2) is 9.78 Å². The molecular formula is C16H14ClN3O2. The number of ether oxygens (including phenoxy) is 1. The van der Waals surface area contributed by atoms with Crippen LogP contribution in [0.25, 0.3) is 22.4 Å². The Hall–Kier alpha value is -2.53. The predicted molar refractivity (Wildman–Crippen MR) is 85.6 cm³/mol. The Kier molecular flexibility index (Phi) is 3.73. The molecule has 5 nitrogen and oxygen atoms in total. The number of H-pyrrole nitrogens is 1. The number of hydrogen-bond acceptors (Lipinski definition) is 3. The van der Waals surface area contributed by atoms with Crippen LogP contribution in [0.2, 0.25) is 5.02 Å². The van der Waals surface area contributed by atoms with Gasteiger partial charge in [-0.1, -0.05) is 29.8 Å². The van der Waals surface area contributed by atoms with Gasteiger partial charge in [-0.3, -0.25) is 0 Å². The lowest BCUT2D eigenvalue weighted by Crippen LogP contribution is -2.15. The van der Waals surface area contributed by atoms with Gasteiger partial charge in [0.15, 0.2) is 0 Å². The van der Waals surface area contributed by atoms with Crippen LogP contribution in [0.4, 0.5) is 4.79 Å². The Bertz CT molecular complexity index is 844. The maximum absolute atomic E-state index is 10.8. The molecule has 1 atom stereocenters. The van der Waals surface area contributed by atoms with Crippen molar-refractivity contribution in [3.05, 3.63) is 53.1 Å². The lowest BCUT2D eigenvalue weighted by molar-refractivity contribution is 0.116.